The second-order valence-electron chi connectivity index (χ2n) is 10.8. The van der Waals surface area contributed by atoms with E-state index in [0.717, 1.165) is 29.4 Å². The van der Waals surface area contributed by atoms with E-state index in [9.17, 15) is 26.8 Å². The van der Waals surface area contributed by atoms with Crippen molar-refractivity contribution in [1.82, 2.24) is 19.8 Å². The van der Waals surface area contributed by atoms with E-state index in [4.69, 9.17) is 0 Å². The van der Waals surface area contributed by atoms with Crippen LogP contribution in [-0.4, -0.2) is 80.5 Å². The number of hydrogen-bond acceptors (Lipinski definition) is 5. The number of carbonyl (C=O) groups is 2. The lowest BCUT2D eigenvalue weighted by molar-refractivity contribution is -0.134. The molecule has 0 radical (unpaired) electrons. The maximum Gasteiger partial charge on any atom is 0.251 e. The molecule has 2 fully saturated rings. The molecule has 0 bridgehead atoms. The van der Waals surface area contributed by atoms with Crippen molar-refractivity contribution in [2.75, 3.05) is 39.0 Å². The number of hydrogen-bond donors (Lipinski definition) is 2. The Balaban J connectivity index is 1.22. The molecule has 1 saturated heterocycles. The van der Waals surface area contributed by atoms with Crippen LogP contribution in [0.5, 0.6) is 0 Å². The largest absolute Gasteiger partial charge is 0.340 e. The highest BCUT2D eigenvalue weighted by atomic mass is 32.2. The predicted molar refractivity (Wildman–Crippen MR) is 156 cm³/mol. The molecule has 1 saturated carbocycles. The molecule has 1 unspecified atom stereocenters. The third-order valence-corrected chi connectivity index (χ3v) is 9.18. The molecule has 1 heterocycles. The lowest BCUT2D eigenvalue weighted by Crippen LogP contribution is -2.56. The van der Waals surface area contributed by atoms with E-state index >= 15 is 0 Å². The standard InChI is InChI=1S/C31H34F2N4O4S/c1-42(40,41)37-18-16-36(17-19-37)31(39)28(14-15-34-29-20-27(29)23-8-12-26(33)13-9-23)35-30(38)24-4-2-21(3-5-24)22-6-10-25(32)11-7-22/h2-13,27-29,34H,14-20H2,1H3,(H,35,38)/t27-,28?,29+/m0/s1. The smallest absolute Gasteiger partial charge is 0.251 e. The average molecular weight is 597 g/mol. The number of carbonyl (C=O) groups excluding carboxylic acids is 2. The van der Waals surface area contributed by atoms with Gasteiger partial charge in [-0.25, -0.2) is 17.2 Å². The van der Waals surface area contributed by atoms with Crippen LogP contribution < -0.4 is 10.6 Å². The summed E-state index contributed by atoms with van der Waals surface area (Å²) in [4.78, 5) is 28.4. The summed E-state index contributed by atoms with van der Waals surface area (Å²) in [6.07, 6.45) is 2.40. The molecule has 3 atom stereocenters. The van der Waals surface area contributed by atoms with E-state index in [-0.39, 0.29) is 55.7 Å². The zero-order valence-corrected chi connectivity index (χ0v) is 24.1. The Morgan fingerprint density at radius 2 is 1.40 bits per heavy atom. The van der Waals surface area contributed by atoms with Crippen molar-refractivity contribution >= 4 is 21.8 Å². The van der Waals surface area contributed by atoms with Crippen LogP contribution >= 0.6 is 0 Å². The molecule has 2 amide bonds. The van der Waals surface area contributed by atoms with Crippen LogP contribution in [0, 0.1) is 11.6 Å². The summed E-state index contributed by atoms with van der Waals surface area (Å²) in [6, 6.07) is 18.8. The molecule has 1 aliphatic heterocycles. The molecule has 2 N–H and O–H groups in total. The van der Waals surface area contributed by atoms with E-state index in [1.807, 2.05) is 0 Å². The topological polar surface area (TPSA) is 98.8 Å². The van der Waals surface area contributed by atoms with Gasteiger partial charge in [0.05, 0.1) is 6.26 Å². The maximum absolute atomic E-state index is 13.5. The van der Waals surface area contributed by atoms with Crippen molar-refractivity contribution < 1.29 is 26.8 Å². The van der Waals surface area contributed by atoms with Gasteiger partial charge in [-0.3, -0.25) is 9.59 Å². The van der Waals surface area contributed by atoms with Gasteiger partial charge in [0.15, 0.2) is 0 Å². The van der Waals surface area contributed by atoms with Crippen molar-refractivity contribution in [3.05, 3.63) is 95.6 Å². The Morgan fingerprint density at radius 3 is 1.98 bits per heavy atom. The normalized spacial score (nSPS) is 19.7. The summed E-state index contributed by atoms with van der Waals surface area (Å²) in [6.45, 7) is 1.37. The van der Waals surface area contributed by atoms with Crippen LogP contribution in [0.25, 0.3) is 11.1 Å². The Hall–Kier alpha value is -3.67. The molecular weight excluding hydrogens is 562 g/mol. The summed E-state index contributed by atoms with van der Waals surface area (Å²) in [5, 5.41) is 6.34. The van der Waals surface area contributed by atoms with Gasteiger partial charge in [-0.1, -0.05) is 36.4 Å². The number of piperazine rings is 1. The Kier molecular flexibility index (Phi) is 9.00. The summed E-state index contributed by atoms with van der Waals surface area (Å²) >= 11 is 0. The van der Waals surface area contributed by atoms with Crippen LogP contribution in [0.3, 0.4) is 0 Å². The fraction of sp³-hybridized carbons (Fsp3) is 0.355. The molecule has 5 rings (SSSR count). The first-order chi connectivity index (χ1) is 20.1. The number of amides is 2. The van der Waals surface area contributed by atoms with Gasteiger partial charge < -0.3 is 15.5 Å². The van der Waals surface area contributed by atoms with Crippen LogP contribution in [0.4, 0.5) is 8.78 Å². The van der Waals surface area contributed by atoms with Gasteiger partial charge in [0.25, 0.3) is 5.91 Å². The van der Waals surface area contributed by atoms with Crippen LogP contribution in [-0.2, 0) is 14.8 Å². The summed E-state index contributed by atoms with van der Waals surface area (Å²) < 4.78 is 51.7. The molecule has 42 heavy (non-hydrogen) atoms. The number of nitrogens with zero attached hydrogens (tertiary/aromatic N) is 2. The fourth-order valence-electron chi connectivity index (χ4n) is 5.33. The fourth-order valence-corrected chi connectivity index (χ4v) is 6.15. The van der Waals surface area contributed by atoms with Crippen molar-refractivity contribution in [1.29, 1.82) is 0 Å². The van der Waals surface area contributed by atoms with Gasteiger partial charge in [0.2, 0.25) is 15.9 Å². The second-order valence-corrected chi connectivity index (χ2v) is 12.8. The first kappa shape index (κ1) is 29.8. The van der Waals surface area contributed by atoms with Crippen molar-refractivity contribution in [3.63, 3.8) is 0 Å². The molecule has 0 spiro atoms. The SMILES string of the molecule is CS(=O)(=O)N1CCN(C(=O)C(CCN[C@@H]2C[C@H]2c2ccc(F)cc2)NC(=O)c2ccc(-c3ccc(F)cc3)cc2)CC1. The third kappa shape index (κ3) is 7.39. The van der Waals surface area contributed by atoms with Crippen LogP contribution in [0.1, 0.15) is 34.7 Å². The van der Waals surface area contributed by atoms with Gasteiger partial charge in [0, 0.05) is 43.7 Å². The Morgan fingerprint density at radius 1 is 0.857 bits per heavy atom. The highest BCUT2D eigenvalue weighted by molar-refractivity contribution is 7.88. The third-order valence-electron chi connectivity index (χ3n) is 7.88. The van der Waals surface area contributed by atoms with Gasteiger partial charge in [-0.15, -0.1) is 0 Å². The highest BCUT2D eigenvalue weighted by Gasteiger charge is 2.38. The molecule has 1 aliphatic carbocycles. The maximum atomic E-state index is 13.5. The molecule has 11 heteroatoms. The number of benzene rings is 3. The number of sulfonamides is 1. The number of nitrogens with one attached hydrogen (secondary N) is 2. The van der Waals surface area contributed by atoms with E-state index in [1.165, 1.54) is 28.6 Å². The first-order valence-electron chi connectivity index (χ1n) is 14.0. The van der Waals surface area contributed by atoms with Crippen LogP contribution in [0.15, 0.2) is 72.8 Å². The molecular formula is C31H34F2N4O4S. The summed E-state index contributed by atoms with van der Waals surface area (Å²) in [7, 11) is -3.35. The summed E-state index contributed by atoms with van der Waals surface area (Å²) in [5.74, 6) is -0.983. The minimum absolute atomic E-state index is 0.204. The molecule has 222 valence electrons. The van der Waals surface area contributed by atoms with Crippen molar-refractivity contribution in [3.8, 4) is 11.1 Å². The van der Waals surface area contributed by atoms with Crippen molar-refractivity contribution in [2.24, 2.45) is 0 Å². The number of rotatable bonds is 10. The lowest BCUT2D eigenvalue weighted by Gasteiger charge is -2.35. The molecule has 3 aromatic rings. The van der Waals surface area contributed by atoms with Crippen molar-refractivity contribution in [2.45, 2.75) is 30.8 Å². The van der Waals surface area contributed by atoms with E-state index in [1.54, 1.807) is 53.4 Å². The Labute approximate surface area is 244 Å². The monoisotopic (exact) mass is 596 g/mol. The number of halogens is 2. The van der Waals surface area contributed by atoms with E-state index in [2.05, 4.69) is 10.6 Å². The molecule has 2 aliphatic rings. The van der Waals surface area contributed by atoms with E-state index < -0.39 is 22.0 Å². The van der Waals surface area contributed by atoms with E-state index in [0.29, 0.717) is 18.5 Å². The van der Waals surface area contributed by atoms with Gasteiger partial charge >= 0.3 is 0 Å². The average Bonchev–Trinajstić information content (AvgIpc) is 3.76. The molecule has 3 aromatic carbocycles. The molecule has 8 nitrogen and oxygen atoms in total. The Bertz CT molecular complexity index is 1510. The minimum Gasteiger partial charge on any atom is -0.340 e. The van der Waals surface area contributed by atoms with Gasteiger partial charge in [0.1, 0.15) is 17.7 Å². The predicted octanol–water partition coefficient (Wildman–Crippen LogP) is 3.37. The van der Waals surface area contributed by atoms with Gasteiger partial charge in [-0.2, -0.15) is 4.31 Å². The quantitative estimate of drug-likeness (QED) is 0.374. The second kappa shape index (κ2) is 12.7. The highest BCUT2D eigenvalue weighted by Crippen LogP contribution is 2.40. The molecule has 0 aromatic heterocycles. The lowest BCUT2D eigenvalue weighted by atomic mass is 10.0. The zero-order valence-electron chi connectivity index (χ0n) is 23.3. The van der Waals surface area contributed by atoms with Gasteiger partial charge in [-0.05, 0) is 72.5 Å². The summed E-state index contributed by atoms with van der Waals surface area (Å²) in [5.41, 5.74) is 3.08. The first-order valence-corrected chi connectivity index (χ1v) is 15.8. The minimum atomic E-state index is -3.35. The zero-order chi connectivity index (χ0) is 29.9. The van der Waals surface area contributed by atoms with Crippen LogP contribution in [0.2, 0.25) is 0 Å².